The maximum Gasteiger partial charge on any atom is 3.00 e. The van der Waals surface area contributed by atoms with Crippen LogP contribution < -0.4 is 4.98 Å². The second-order valence-corrected chi connectivity index (χ2v) is 19.1. The molecule has 0 fully saturated rings. The molecule has 2 nitrogen and oxygen atoms in total. The minimum absolute atomic E-state index is 0. The van der Waals surface area contributed by atoms with Crippen molar-refractivity contribution in [1.29, 1.82) is 0 Å². The van der Waals surface area contributed by atoms with E-state index in [1.54, 1.807) is 11.3 Å². The monoisotopic (exact) mass is 870 g/mol. The molecule has 0 atom stereocenters. The van der Waals surface area contributed by atoms with Gasteiger partial charge in [0.15, 0.2) is 0 Å². The normalized spacial score (nSPS) is 12.9. The fraction of sp³-hybridized carbons (Fsp3) is 0.340. The minimum Gasteiger partial charge on any atom is -0.663 e. The van der Waals surface area contributed by atoms with E-state index in [2.05, 4.69) is 167 Å². The SMILES string of the molecule is CC(C)(C)c1cc(-c2[c-]c(-c3cc(C(C)(C)C)cc4c3[n-]c3ccc(C(C)(C)C)cc34)cc(C(C)(C)C)c2)[c-]c(-c2cc3sccc3cn2)c1.[Au+3]. The Labute approximate surface area is 324 Å². The third kappa shape index (κ3) is 7.29. The molecule has 0 spiro atoms. The van der Waals surface area contributed by atoms with Gasteiger partial charge in [0.1, 0.15) is 0 Å². The molecule has 0 unspecified atom stereocenters. The van der Waals surface area contributed by atoms with Gasteiger partial charge in [-0.3, -0.25) is 4.98 Å². The molecule has 4 aromatic carbocycles. The number of pyridine rings is 1. The van der Waals surface area contributed by atoms with Crippen LogP contribution in [0.4, 0.5) is 0 Å². The number of hydrogen-bond donors (Lipinski definition) is 0. The molecular weight excluding hydrogens is 822 g/mol. The minimum atomic E-state index is -0.0820. The average molecular weight is 871 g/mol. The van der Waals surface area contributed by atoms with Gasteiger partial charge in [-0.2, -0.15) is 40.9 Å². The van der Waals surface area contributed by atoms with Crippen LogP contribution >= 0.6 is 11.3 Å². The second-order valence-electron chi connectivity index (χ2n) is 18.2. The molecule has 4 heteroatoms. The predicted octanol–water partition coefficient (Wildman–Crippen LogP) is 13.3. The first kappa shape index (κ1) is 37.3. The maximum atomic E-state index is 5.32. The smallest absolute Gasteiger partial charge is 0.663 e. The Morgan fingerprint density at radius 3 is 1.69 bits per heavy atom. The van der Waals surface area contributed by atoms with Gasteiger partial charge in [0.05, 0.1) is 0 Å². The van der Waals surface area contributed by atoms with E-state index in [1.807, 2.05) is 6.20 Å². The zero-order valence-corrected chi connectivity index (χ0v) is 35.1. The van der Waals surface area contributed by atoms with Crippen LogP contribution in [-0.2, 0) is 44.0 Å². The van der Waals surface area contributed by atoms with Crippen molar-refractivity contribution in [2.75, 3.05) is 0 Å². The zero-order chi connectivity index (χ0) is 36.0. The van der Waals surface area contributed by atoms with Gasteiger partial charge in [-0.1, -0.05) is 125 Å². The van der Waals surface area contributed by atoms with Gasteiger partial charge in [-0.05, 0) is 55.0 Å². The summed E-state index contributed by atoms with van der Waals surface area (Å²) in [5.41, 5.74) is 13.3. The fourth-order valence-electron chi connectivity index (χ4n) is 6.62. The summed E-state index contributed by atoms with van der Waals surface area (Å²) in [4.78, 5) is 10.2. The van der Waals surface area contributed by atoms with Crippen molar-refractivity contribution < 1.29 is 22.4 Å². The Bertz CT molecular complexity index is 2410. The first-order valence-electron chi connectivity index (χ1n) is 17.8. The maximum absolute atomic E-state index is 5.32. The summed E-state index contributed by atoms with van der Waals surface area (Å²) in [6.45, 7) is 27.4. The van der Waals surface area contributed by atoms with Gasteiger partial charge < -0.3 is 4.98 Å². The van der Waals surface area contributed by atoms with Crippen LogP contribution in [0, 0.1) is 12.1 Å². The summed E-state index contributed by atoms with van der Waals surface area (Å²) >= 11 is 1.75. The van der Waals surface area contributed by atoms with Crippen molar-refractivity contribution in [2.24, 2.45) is 0 Å². The van der Waals surface area contributed by atoms with E-state index in [0.29, 0.717) is 0 Å². The van der Waals surface area contributed by atoms with Crippen LogP contribution in [0.3, 0.4) is 0 Å². The number of benzene rings is 4. The van der Waals surface area contributed by atoms with Gasteiger partial charge >= 0.3 is 22.4 Å². The standard InChI is InChI=1S/C47H49N2S.Au/c1-44(2,3)33-13-14-40-38(23-33)39-25-36(47(10,11)12)24-37(43(39)49-40)31-17-29(19-34(21-31)45(4,5)6)30-18-32(22-35(20-30)46(7,8)9)41-26-42-28(27-48-41)15-16-50-42;/h13-16,19-27H,1-12H3;/q-3;+3. The zero-order valence-electron chi connectivity index (χ0n) is 32.1. The Kier molecular flexibility index (Phi) is 9.42. The Morgan fingerprint density at radius 1 is 0.549 bits per heavy atom. The van der Waals surface area contributed by atoms with Crippen molar-refractivity contribution in [2.45, 2.75) is 105 Å². The summed E-state index contributed by atoms with van der Waals surface area (Å²) in [5, 5.41) is 5.74. The summed E-state index contributed by atoms with van der Waals surface area (Å²) in [7, 11) is 0. The van der Waals surface area contributed by atoms with Crippen molar-refractivity contribution in [3.05, 3.63) is 113 Å². The van der Waals surface area contributed by atoms with Crippen LogP contribution in [0.5, 0.6) is 0 Å². The number of aromatic nitrogens is 2. The molecule has 0 N–H and O–H groups in total. The summed E-state index contributed by atoms with van der Waals surface area (Å²) in [5.74, 6) is 0. The Balaban J connectivity index is 0.00000448. The number of hydrogen-bond acceptors (Lipinski definition) is 2. The van der Waals surface area contributed by atoms with E-state index >= 15 is 0 Å². The quantitative estimate of drug-likeness (QED) is 0.131. The van der Waals surface area contributed by atoms with Crippen molar-refractivity contribution in [3.8, 4) is 33.5 Å². The number of fused-ring (bicyclic) bond motifs is 4. The predicted molar refractivity (Wildman–Crippen MR) is 217 cm³/mol. The first-order chi connectivity index (χ1) is 23.3. The molecule has 0 saturated heterocycles. The van der Waals surface area contributed by atoms with Gasteiger partial charge in [0.25, 0.3) is 0 Å². The Hall–Kier alpha value is -3.47. The molecule has 0 radical (unpaired) electrons. The second kappa shape index (κ2) is 12.9. The van der Waals surface area contributed by atoms with Crippen molar-refractivity contribution in [3.63, 3.8) is 0 Å². The molecule has 3 aromatic heterocycles. The molecule has 51 heavy (non-hydrogen) atoms. The van der Waals surface area contributed by atoms with Gasteiger partial charge in [-0.25, -0.2) is 0 Å². The van der Waals surface area contributed by atoms with E-state index in [-0.39, 0.29) is 44.0 Å². The van der Waals surface area contributed by atoms with Gasteiger partial charge in [0.2, 0.25) is 0 Å². The Morgan fingerprint density at radius 2 is 1.08 bits per heavy atom. The fourth-order valence-corrected chi connectivity index (χ4v) is 7.41. The topological polar surface area (TPSA) is 27.0 Å². The molecule has 264 valence electrons. The van der Waals surface area contributed by atoms with E-state index in [9.17, 15) is 0 Å². The molecule has 0 aliphatic carbocycles. The van der Waals surface area contributed by atoms with Crippen molar-refractivity contribution >= 4 is 43.2 Å². The van der Waals surface area contributed by atoms with Gasteiger partial charge in [-0.15, -0.1) is 51.2 Å². The van der Waals surface area contributed by atoms with Crippen LogP contribution in [0.1, 0.15) is 105 Å². The van der Waals surface area contributed by atoms with E-state index in [0.717, 1.165) is 44.5 Å². The van der Waals surface area contributed by atoms with Crippen molar-refractivity contribution in [1.82, 2.24) is 9.97 Å². The molecule has 0 bridgehead atoms. The summed E-state index contributed by atoms with van der Waals surface area (Å²) in [6, 6.07) is 32.8. The molecule has 0 saturated carbocycles. The summed E-state index contributed by atoms with van der Waals surface area (Å²) in [6.07, 6.45) is 1.98. The van der Waals surface area contributed by atoms with E-state index in [1.165, 1.54) is 43.1 Å². The first-order valence-corrected chi connectivity index (χ1v) is 18.7. The van der Waals surface area contributed by atoms with Crippen LogP contribution in [0.15, 0.2) is 78.3 Å². The number of thiophene rings is 1. The van der Waals surface area contributed by atoms with Gasteiger partial charge in [0, 0.05) is 22.0 Å². The van der Waals surface area contributed by atoms with E-state index in [4.69, 9.17) is 9.97 Å². The molecule has 3 heterocycles. The molecule has 7 rings (SSSR count). The molecule has 7 aromatic rings. The molecule has 0 aliphatic heterocycles. The van der Waals surface area contributed by atoms with Crippen LogP contribution in [0.25, 0.3) is 65.4 Å². The van der Waals surface area contributed by atoms with Crippen LogP contribution in [0.2, 0.25) is 0 Å². The number of rotatable bonds is 3. The third-order valence-electron chi connectivity index (χ3n) is 10.0. The summed E-state index contributed by atoms with van der Waals surface area (Å²) < 4.78 is 1.24. The van der Waals surface area contributed by atoms with E-state index < -0.39 is 0 Å². The molecular formula is C47H49AuN2S. The van der Waals surface area contributed by atoms with Crippen LogP contribution in [-0.4, -0.2) is 4.98 Å². The number of nitrogens with zero attached hydrogens (tertiary/aromatic N) is 2. The third-order valence-corrected chi connectivity index (χ3v) is 10.9. The molecule has 0 amide bonds. The largest absolute Gasteiger partial charge is 3.00 e. The average Bonchev–Trinajstić information content (AvgIpc) is 3.66. The molecule has 0 aliphatic rings.